The zero-order valence-corrected chi connectivity index (χ0v) is 14.7. The monoisotopic (exact) mass is 367 g/mol. The summed E-state index contributed by atoms with van der Waals surface area (Å²) in [5.41, 5.74) is 1.82. The van der Waals surface area contributed by atoms with Crippen LogP contribution in [0.3, 0.4) is 0 Å². The van der Waals surface area contributed by atoms with Gasteiger partial charge in [0.1, 0.15) is 5.82 Å². The number of aromatic nitrogens is 2. The lowest BCUT2D eigenvalue weighted by Crippen LogP contribution is -2.44. The number of hydrogen-bond donors (Lipinski definition) is 3. The maximum Gasteiger partial charge on any atom is 0.255 e. The number of rotatable bonds is 6. The molecule has 0 atom stereocenters. The van der Waals surface area contributed by atoms with Gasteiger partial charge >= 0.3 is 0 Å². The third-order valence-electron chi connectivity index (χ3n) is 4.16. The number of nitrogens with zero attached hydrogens (tertiary/aromatic N) is 2. The van der Waals surface area contributed by atoms with Crippen LogP contribution in [-0.2, 0) is 0 Å². The van der Waals surface area contributed by atoms with Crippen molar-refractivity contribution >= 4 is 18.3 Å². The summed E-state index contributed by atoms with van der Waals surface area (Å²) < 4.78 is 13.0. The van der Waals surface area contributed by atoms with Crippen molar-refractivity contribution in [2.75, 3.05) is 39.3 Å². The number of carbonyl (C=O) groups is 1. The summed E-state index contributed by atoms with van der Waals surface area (Å²) in [5, 5.41) is 13.0. The Labute approximate surface area is 152 Å². The maximum absolute atomic E-state index is 13.0. The Bertz CT molecular complexity index is 670. The molecule has 136 valence electrons. The summed E-state index contributed by atoms with van der Waals surface area (Å²) in [6.07, 6.45) is 2.42. The van der Waals surface area contributed by atoms with Crippen LogP contribution in [0.15, 0.2) is 30.5 Å². The average molecular weight is 368 g/mol. The van der Waals surface area contributed by atoms with Crippen LogP contribution in [0.2, 0.25) is 0 Å². The van der Waals surface area contributed by atoms with Gasteiger partial charge in [-0.2, -0.15) is 5.10 Å². The summed E-state index contributed by atoms with van der Waals surface area (Å²) in [6.45, 7) is 5.79. The second kappa shape index (κ2) is 9.50. The molecule has 0 unspecified atom stereocenters. The van der Waals surface area contributed by atoms with E-state index in [0.717, 1.165) is 44.7 Å². The van der Waals surface area contributed by atoms with Gasteiger partial charge in [0.2, 0.25) is 0 Å². The molecule has 0 bridgehead atoms. The number of amides is 1. The predicted molar refractivity (Wildman–Crippen MR) is 97.5 cm³/mol. The maximum atomic E-state index is 13.0. The Balaban J connectivity index is 0.00000225. The zero-order chi connectivity index (χ0) is 16.8. The molecule has 3 rings (SSSR count). The van der Waals surface area contributed by atoms with Gasteiger partial charge in [0.05, 0.1) is 17.5 Å². The topological polar surface area (TPSA) is 73.1 Å². The molecule has 1 aromatic carbocycles. The van der Waals surface area contributed by atoms with Crippen LogP contribution in [-0.4, -0.2) is 60.3 Å². The highest BCUT2D eigenvalue weighted by atomic mass is 35.5. The van der Waals surface area contributed by atoms with Crippen LogP contribution in [0.25, 0.3) is 11.3 Å². The first-order chi connectivity index (χ1) is 11.7. The molecule has 1 aliphatic heterocycles. The molecule has 2 heterocycles. The van der Waals surface area contributed by atoms with Crippen LogP contribution < -0.4 is 10.6 Å². The van der Waals surface area contributed by atoms with E-state index in [1.165, 1.54) is 18.3 Å². The third kappa shape index (κ3) is 5.26. The minimum atomic E-state index is -0.308. The van der Waals surface area contributed by atoms with Crippen molar-refractivity contribution in [3.63, 3.8) is 0 Å². The van der Waals surface area contributed by atoms with E-state index in [1.54, 1.807) is 12.1 Å². The highest BCUT2D eigenvalue weighted by Crippen LogP contribution is 2.21. The molecule has 1 aliphatic rings. The summed E-state index contributed by atoms with van der Waals surface area (Å²) >= 11 is 0. The summed E-state index contributed by atoms with van der Waals surface area (Å²) in [7, 11) is 0. The first-order valence-corrected chi connectivity index (χ1v) is 8.24. The van der Waals surface area contributed by atoms with Crippen molar-refractivity contribution in [1.82, 2.24) is 25.7 Å². The molecule has 1 fully saturated rings. The molecule has 0 radical (unpaired) electrons. The molecule has 1 aromatic heterocycles. The number of piperazine rings is 1. The summed E-state index contributed by atoms with van der Waals surface area (Å²) in [4.78, 5) is 14.7. The van der Waals surface area contributed by atoms with Crippen LogP contribution in [0.5, 0.6) is 0 Å². The molecule has 0 spiro atoms. The highest BCUT2D eigenvalue weighted by molar-refractivity contribution is 5.99. The molecule has 1 amide bonds. The van der Waals surface area contributed by atoms with Gasteiger partial charge < -0.3 is 15.5 Å². The smallest absolute Gasteiger partial charge is 0.255 e. The van der Waals surface area contributed by atoms with Crippen LogP contribution in [0, 0.1) is 5.82 Å². The normalized spacial score (nSPS) is 14.8. The predicted octanol–water partition coefficient (Wildman–Crippen LogP) is 1.66. The standard InChI is InChI=1S/C17H22FN5O.ClH/c18-14-4-2-13(3-5-14)16-15(12-21-22-16)17(24)20-6-1-9-23-10-7-19-8-11-23;/h2-5,12,19H,1,6-11H2,(H,20,24)(H,21,22);1H. The Kier molecular flexibility index (Phi) is 7.36. The van der Waals surface area contributed by atoms with Crippen LogP contribution >= 0.6 is 12.4 Å². The van der Waals surface area contributed by atoms with E-state index >= 15 is 0 Å². The van der Waals surface area contributed by atoms with Gasteiger partial charge in [0.25, 0.3) is 5.91 Å². The molecule has 3 N–H and O–H groups in total. The first-order valence-electron chi connectivity index (χ1n) is 8.24. The van der Waals surface area contributed by atoms with Gasteiger partial charge in [0, 0.05) is 38.3 Å². The lowest BCUT2D eigenvalue weighted by atomic mass is 10.1. The van der Waals surface area contributed by atoms with Gasteiger partial charge in [-0.15, -0.1) is 12.4 Å². The number of hydrogen-bond acceptors (Lipinski definition) is 4. The van der Waals surface area contributed by atoms with Crippen LogP contribution in [0.4, 0.5) is 4.39 Å². The van der Waals surface area contributed by atoms with Crippen molar-refractivity contribution in [2.45, 2.75) is 6.42 Å². The van der Waals surface area contributed by atoms with Gasteiger partial charge in [-0.05, 0) is 37.2 Å². The van der Waals surface area contributed by atoms with E-state index < -0.39 is 0 Å². The molecular formula is C17H23ClFN5O. The molecule has 6 nitrogen and oxygen atoms in total. The summed E-state index contributed by atoms with van der Waals surface area (Å²) in [6, 6.07) is 5.99. The minimum Gasteiger partial charge on any atom is -0.352 e. The molecule has 0 saturated carbocycles. The largest absolute Gasteiger partial charge is 0.352 e. The number of nitrogens with one attached hydrogen (secondary N) is 3. The van der Waals surface area contributed by atoms with E-state index in [0.29, 0.717) is 17.8 Å². The Hall–Kier alpha value is -1.96. The summed E-state index contributed by atoms with van der Waals surface area (Å²) in [5.74, 6) is -0.472. The van der Waals surface area contributed by atoms with Crippen molar-refractivity contribution < 1.29 is 9.18 Å². The van der Waals surface area contributed by atoms with Crippen molar-refractivity contribution in [3.05, 3.63) is 41.8 Å². The number of aromatic amines is 1. The highest BCUT2D eigenvalue weighted by Gasteiger charge is 2.15. The van der Waals surface area contributed by atoms with Gasteiger partial charge in [0.15, 0.2) is 0 Å². The quantitative estimate of drug-likeness (QED) is 0.679. The molecule has 0 aliphatic carbocycles. The Morgan fingerprint density at radius 1 is 1.24 bits per heavy atom. The van der Waals surface area contributed by atoms with Gasteiger partial charge in [-0.25, -0.2) is 4.39 Å². The minimum absolute atomic E-state index is 0. The van der Waals surface area contributed by atoms with Crippen molar-refractivity contribution in [3.8, 4) is 11.3 Å². The molecule has 1 saturated heterocycles. The van der Waals surface area contributed by atoms with Gasteiger partial charge in [-0.3, -0.25) is 9.89 Å². The van der Waals surface area contributed by atoms with Gasteiger partial charge in [-0.1, -0.05) is 0 Å². The number of H-pyrrole nitrogens is 1. The van der Waals surface area contributed by atoms with E-state index in [4.69, 9.17) is 0 Å². The fraction of sp³-hybridized carbons (Fsp3) is 0.412. The molecular weight excluding hydrogens is 345 g/mol. The number of benzene rings is 1. The molecule has 2 aromatic rings. The zero-order valence-electron chi connectivity index (χ0n) is 13.9. The lowest BCUT2D eigenvalue weighted by molar-refractivity contribution is 0.0952. The third-order valence-corrected chi connectivity index (χ3v) is 4.16. The van der Waals surface area contributed by atoms with Crippen molar-refractivity contribution in [2.24, 2.45) is 0 Å². The van der Waals surface area contributed by atoms with Crippen LogP contribution in [0.1, 0.15) is 16.8 Å². The fourth-order valence-corrected chi connectivity index (χ4v) is 2.83. The van der Waals surface area contributed by atoms with E-state index in [2.05, 4.69) is 25.7 Å². The Morgan fingerprint density at radius 3 is 2.68 bits per heavy atom. The second-order valence-corrected chi connectivity index (χ2v) is 5.87. The molecule has 8 heteroatoms. The second-order valence-electron chi connectivity index (χ2n) is 5.87. The lowest BCUT2D eigenvalue weighted by Gasteiger charge is -2.27. The molecule has 25 heavy (non-hydrogen) atoms. The van der Waals surface area contributed by atoms with E-state index in [9.17, 15) is 9.18 Å². The number of carbonyl (C=O) groups excluding carboxylic acids is 1. The first kappa shape index (κ1) is 19.4. The number of halogens is 2. The average Bonchev–Trinajstić information content (AvgIpc) is 3.10. The van der Waals surface area contributed by atoms with E-state index in [-0.39, 0.29) is 24.1 Å². The van der Waals surface area contributed by atoms with Crippen molar-refractivity contribution in [1.29, 1.82) is 0 Å². The Morgan fingerprint density at radius 2 is 1.96 bits per heavy atom. The fourth-order valence-electron chi connectivity index (χ4n) is 2.83. The van der Waals surface area contributed by atoms with E-state index in [1.807, 2.05) is 0 Å². The SMILES string of the molecule is Cl.O=C(NCCCN1CCNCC1)c1cn[nH]c1-c1ccc(F)cc1.